The van der Waals surface area contributed by atoms with Gasteiger partial charge in [0, 0.05) is 13.2 Å². The summed E-state index contributed by atoms with van der Waals surface area (Å²) in [6.07, 6.45) is 2.21. The molecule has 1 heterocycles. The van der Waals surface area contributed by atoms with Crippen LogP contribution in [0.4, 0.5) is 0 Å². The third-order valence-corrected chi connectivity index (χ3v) is 3.99. The summed E-state index contributed by atoms with van der Waals surface area (Å²) in [7, 11) is 0. The highest BCUT2D eigenvalue weighted by atomic mass is 16.5. The van der Waals surface area contributed by atoms with E-state index in [4.69, 9.17) is 14.2 Å². The molecule has 0 radical (unpaired) electrons. The Hall–Kier alpha value is -2.53. The summed E-state index contributed by atoms with van der Waals surface area (Å²) in [5.41, 5.74) is 1.12. The van der Waals surface area contributed by atoms with Gasteiger partial charge >= 0.3 is 0 Å². The molecule has 5 heteroatoms. The first-order valence-electron chi connectivity index (χ1n) is 8.57. The van der Waals surface area contributed by atoms with Gasteiger partial charge in [-0.2, -0.15) is 0 Å². The molecule has 1 unspecified atom stereocenters. The quantitative estimate of drug-likeness (QED) is 0.802. The Morgan fingerprint density at radius 1 is 1.04 bits per heavy atom. The van der Waals surface area contributed by atoms with E-state index in [1.54, 1.807) is 12.1 Å². The fourth-order valence-corrected chi connectivity index (χ4v) is 2.61. The third kappa shape index (κ3) is 5.80. The molecule has 0 aromatic heterocycles. The van der Waals surface area contributed by atoms with Gasteiger partial charge in [-0.05, 0) is 42.7 Å². The monoisotopic (exact) mass is 341 g/mol. The Bertz CT molecular complexity index is 651. The molecule has 1 amide bonds. The molecule has 0 spiro atoms. The van der Waals surface area contributed by atoms with Crippen LogP contribution in [-0.4, -0.2) is 31.8 Å². The predicted molar refractivity (Wildman–Crippen MR) is 94.7 cm³/mol. The fraction of sp³-hybridized carbons (Fsp3) is 0.350. The second-order valence-electron chi connectivity index (χ2n) is 5.97. The second kappa shape index (κ2) is 9.08. The summed E-state index contributed by atoms with van der Waals surface area (Å²) in [5.74, 6) is 1.26. The first-order chi connectivity index (χ1) is 12.3. The Kier molecular flexibility index (Phi) is 6.29. The lowest BCUT2D eigenvalue weighted by molar-refractivity contribution is -0.123. The summed E-state index contributed by atoms with van der Waals surface area (Å²) in [6, 6.07) is 17.3. The number of benzene rings is 2. The normalized spacial score (nSPS) is 16.4. The van der Waals surface area contributed by atoms with Gasteiger partial charge in [0.25, 0.3) is 5.91 Å². The van der Waals surface area contributed by atoms with Crippen LogP contribution >= 0.6 is 0 Å². The molecule has 0 bridgehead atoms. The van der Waals surface area contributed by atoms with Crippen molar-refractivity contribution in [1.29, 1.82) is 0 Å². The summed E-state index contributed by atoms with van der Waals surface area (Å²) < 4.78 is 16.7. The van der Waals surface area contributed by atoms with Gasteiger partial charge < -0.3 is 19.5 Å². The maximum Gasteiger partial charge on any atom is 0.258 e. The summed E-state index contributed by atoms with van der Waals surface area (Å²) in [4.78, 5) is 11.8. The van der Waals surface area contributed by atoms with Crippen molar-refractivity contribution in [1.82, 2.24) is 5.32 Å². The number of nitrogens with one attached hydrogen (secondary N) is 1. The van der Waals surface area contributed by atoms with Crippen molar-refractivity contribution >= 4 is 5.91 Å². The van der Waals surface area contributed by atoms with E-state index in [0.29, 0.717) is 18.9 Å². The van der Waals surface area contributed by atoms with Crippen LogP contribution in [0.15, 0.2) is 54.6 Å². The average molecular weight is 341 g/mol. The summed E-state index contributed by atoms with van der Waals surface area (Å²) >= 11 is 0. The van der Waals surface area contributed by atoms with Crippen molar-refractivity contribution in [2.45, 2.75) is 25.6 Å². The van der Waals surface area contributed by atoms with Crippen LogP contribution in [0.25, 0.3) is 0 Å². The highest BCUT2D eigenvalue weighted by Crippen LogP contribution is 2.18. The molecule has 132 valence electrons. The van der Waals surface area contributed by atoms with E-state index in [-0.39, 0.29) is 18.6 Å². The first kappa shape index (κ1) is 17.3. The minimum Gasteiger partial charge on any atom is -0.489 e. The lowest BCUT2D eigenvalue weighted by atomic mass is 10.2. The predicted octanol–water partition coefficient (Wildman–Crippen LogP) is 2.94. The van der Waals surface area contributed by atoms with Crippen molar-refractivity contribution in [3.63, 3.8) is 0 Å². The SMILES string of the molecule is O=C(COc1ccc(OCc2ccccc2)cc1)NCC1CCCO1. The largest absolute Gasteiger partial charge is 0.489 e. The molecular formula is C20H23NO4. The minimum absolute atomic E-state index is 0.00304. The molecule has 5 nitrogen and oxygen atoms in total. The highest BCUT2D eigenvalue weighted by molar-refractivity contribution is 5.77. The number of ether oxygens (including phenoxy) is 3. The van der Waals surface area contributed by atoms with Gasteiger partial charge in [-0.3, -0.25) is 4.79 Å². The Morgan fingerprint density at radius 2 is 1.76 bits per heavy atom. The summed E-state index contributed by atoms with van der Waals surface area (Å²) in [6.45, 7) is 1.85. The van der Waals surface area contributed by atoms with E-state index in [9.17, 15) is 4.79 Å². The molecule has 1 N–H and O–H groups in total. The third-order valence-electron chi connectivity index (χ3n) is 3.99. The molecule has 1 saturated heterocycles. The van der Waals surface area contributed by atoms with Crippen LogP contribution in [0.5, 0.6) is 11.5 Å². The van der Waals surface area contributed by atoms with Crippen molar-refractivity contribution in [2.24, 2.45) is 0 Å². The van der Waals surface area contributed by atoms with Crippen LogP contribution in [-0.2, 0) is 16.1 Å². The van der Waals surface area contributed by atoms with Crippen LogP contribution in [0.2, 0.25) is 0 Å². The highest BCUT2D eigenvalue weighted by Gasteiger charge is 2.16. The molecule has 0 aliphatic carbocycles. The smallest absolute Gasteiger partial charge is 0.258 e. The van der Waals surface area contributed by atoms with Gasteiger partial charge in [0.2, 0.25) is 0 Å². The number of amides is 1. The van der Waals surface area contributed by atoms with Gasteiger partial charge in [0.15, 0.2) is 6.61 Å². The van der Waals surface area contributed by atoms with Gasteiger partial charge in [-0.25, -0.2) is 0 Å². The maximum atomic E-state index is 11.8. The van der Waals surface area contributed by atoms with Gasteiger partial charge in [-0.15, -0.1) is 0 Å². The van der Waals surface area contributed by atoms with E-state index in [2.05, 4.69) is 5.32 Å². The molecule has 1 aliphatic rings. The van der Waals surface area contributed by atoms with Gasteiger partial charge in [-0.1, -0.05) is 30.3 Å². The molecule has 2 aromatic carbocycles. The second-order valence-corrected chi connectivity index (χ2v) is 5.97. The minimum atomic E-state index is -0.139. The zero-order valence-corrected chi connectivity index (χ0v) is 14.1. The van der Waals surface area contributed by atoms with Crippen LogP contribution in [0.3, 0.4) is 0 Å². The molecule has 3 rings (SSSR count). The molecule has 25 heavy (non-hydrogen) atoms. The number of hydrogen-bond donors (Lipinski definition) is 1. The van der Waals surface area contributed by atoms with E-state index in [0.717, 1.165) is 30.8 Å². The van der Waals surface area contributed by atoms with Gasteiger partial charge in [0.05, 0.1) is 6.10 Å². The van der Waals surface area contributed by atoms with E-state index >= 15 is 0 Å². The van der Waals surface area contributed by atoms with Crippen LogP contribution in [0.1, 0.15) is 18.4 Å². The summed E-state index contributed by atoms with van der Waals surface area (Å²) in [5, 5.41) is 2.83. The number of carbonyl (C=O) groups is 1. The lowest BCUT2D eigenvalue weighted by Gasteiger charge is -2.12. The topological polar surface area (TPSA) is 56.8 Å². The molecule has 1 fully saturated rings. The van der Waals surface area contributed by atoms with Crippen LogP contribution in [0, 0.1) is 0 Å². The molecular weight excluding hydrogens is 318 g/mol. The average Bonchev–Trinajstić information content (AvgIpc) is 3.18. The Labute approximate surface area is 147 Å². The molecule has 0 saturated carbocycles. The van der Waals surface area contributed by atoms with Crippen molar-refractivity contribution < 1.29 is 19.0 Å². The van der Waals surface area contributed by atoms with Crippen LogP contribution < -0.4 is 14.8 Å². The molecule has 2 aromatic rings. The Balaban J connectivity index is 1.37. The van der Waals surface area contributed by atoms with Gasteiger partial charge in [0.1, 0.15) is 18.1 Å². The lowest BCUT2D eigenvalue weighted by Crippen LogP contribution is -2.35. The van der Waals surface area contributed by atoms with Crippen molar-refractivity contribution in [3.8, 4) is 11.5 Å². The zero-order valence-electron chi connectivity index (χ0n) is 14.1. The number of rotatable bonds is 8. The molecule has 1 atom stereocenters. The molecule has 1 aliphatic heterocycles. The first-order valence-corrected chi connectivity index (χ1v) is 8.57. The Morgan fingerprint density at radius 3 is 2.44 bits per heavy atom. The van der Waals surface area contributed by atoms with E-state index < -0.39 is 0 Å². The fourth-order valence-electron chi connectivity index (χ4n) is 2.61. The van der Waals surface area contributed by atoms with Crippen molar-refractivity contribution in [2.75, 3.05) is 19.8 Å². The standard InChI is InChI=1S/C20H23NO4/c22-20(21-13-19-7-4-12-23-19)15-25-18-10-8-17(9-11-18)24-14-16-5-2-1-3-6-16/h1-3,5-6,8-11,19H,4,7,12-15H2,(H,21,22). The number of hydrogen-bond acceptors (Lipinski definition) is 4. The van der Waals surface area contributed by atoms with E-state index in [1.165, 1.54) is 0 Å². The zero-order chi connectivity index (χ0) is 17.3. The maximum absolute atomic E-state index is 11.8. The van der Waals surface area contributed by atoms with Crippen molar-refractivity contribution in [3.05, 3.63) is 60.2 Å². The number of carbonyl (C=O) groups excluding carboxylic acids is 1. The van der Waals surface area contributed by atoms with E-state index in [1.807, 2.05) is 42.5 Å².